The molecule has 0 saturated carbocycles. The monoisotopic (exact) mass is 831 g/mol. The van der Waals surface area contributed by atoms with Crippen LogP contribution < -0.4 is 0 Å². The van der Waals surface area contributed by atoms with Crippen LogP contribution in [0.15, 0.2) is 12.3 Å². The van der Waals surface area contributed by atoms with Crippen LogP contribution in [0.5, 0.6) is 0 Å². The molecule has 1 unspecified atom stereocenters. The maximum absolute atomic E-state index is 12.7. The Morgan fingerprint density at radius 3 is 1.30 bits per heavy atom. The summed E-state index contributed by atoms with van der Waals surface area (Å²) in [6, 6.07) is 0. The Balaban J connectivity index is 4.18. The first-order valence-electron chi connectivity index (χ1n) is 24.5. The fourth-order valence-corrected chi connectivity index (χ4v) is 7.85. The fraction of sp³-hybridized carbons (Fsp3) is 0.938. The quantitative estimate of drug-likeness (QED) is 0.0215. The zero-order valence-electron chi connectivity index (χ0n) is 38.6. The number of quaternary nitrogens is 1. The maximum Gasteiger partial charge on any atom is 0.472 e. The number of phosphoric acid groups is 1. The van der Waals surface area contributed by atoms with Crippen molar-refractivity contribution in [3.05, 3.63) is 12.3 Å². The van der Waals surface area contributed by atoms with Crippen LogP contribution in [0, 0.1) is 0 Å². The third kappa shape index (κ3) is 46.0. The Kier molecular flexibility index (Phi) is 41.1. The number of allylic oxidation sites excluding steroid dienone is 1. The summed E-state index contributed by atoms with van der Waals surface area (Å²) in [5.74, 6) is -0.330. The molecule has 0 fully saturated rings. The summed E-state index contributed by atoms with van der Waals surface area (Å²) in [6.45, 7) is 4.98. The van der Waals surface area contributed by atoms with Gasteiger partial charge >= 0.3 is 13.8 Å². The van der Waals surface area contributed by atoms with Crippen LogP contribution in [0.3, 0.4) is 0 Å². The third-order valence-electron chi connectivity index (χ3n) is 10.9. The highest BCUT2D eigenvalue weighted by Gasteiger charge is 2.26. The lowest BCUT2D eigenvalue weighted by molar-refractivity contribution is -0.870. The zero-order valence-corrected chi connectivity index (χ0v) is 39.5. The lowest BCUT2D eigenvalue weighted by Crippen LogP contribution is -2.37. The SMILES string of the molecule is CCCCCCCCCCCCCCCCCC/C=C\OC[C@H](COP(=O)(O)OCC[N+](C)(C)C)OC(=O)CCCCCCCCCCCCCCCCCCC. The summed E-state index contributed by atoms with van der Waals surface area (Å²) in [6.07, 6.45) is 47.7. The molecule has 0 saturated heterocycles. The number of nitrogens with zero attached hydrogens (tertiary/aromatic N) is 1. The standard InChI is InChI=1S/C48H96NO7P/c1-6-8-10-12-14-16-18-20-22-24-26-28-30-32-34-36-38-40-43-53-45-47(46-55-57(51,52)54-44-42-49(3,4)5)56-48(50)41-39-37-35-33-31-29-27-25-23-21-19-17-15-13-11-9-7-2/h40,43,47H,6-39,41-42,44-46H2,1-5H3/p+1/b43-40-/t47-/m1/s1. The van der Waals surface area contributed by atoms with Crippen LogP contribution in [0.4, 0.5) is 0 Å². The summed E-state index contributed by atoms with van der Waals surface area (Å²) in [5, 5.41) is 0. The van der Waals surface area contributed by atoms with Crippen LogP contribution in [-0.4, -0.2) is 69.0 Å². The topological polar surface area (TPSA) is 91.3 Å². The second-order valence-corrected chi connectivity index (χ2v) is 19.4. The van der Waals surface area contributed by atoms with Crippen molar-refractivity contribution in [2.75, 3.05) is 47.5 Å². The molecule has 0 bridgehead atoms. The summed E-state index contributed by atoms with van der Waals surface area (Å²) in [5.41, 5.74) is 0. The van der Waals surface area contributed by atoms with Gasteiger partial charge in [0.05, 0.1) is 34.0 Å². The minimum Gasteiger partial charge on any atom is -0.498 e. The summed E-state index contributed by atoms with van der Waals surface area (Å²) < 4.78 is 34.9. The van der Waals surface area contributed by atoms with E-state index >= 15 is 0 Å². The number of carbonyl (C=O) groups is 1. The lowest BCUT2D eigenvalue weighted by atomic mass is 10.0. The van der Waals surface area contributed by atoms with Gasteiger partial charge in [-0.05, 0) is 25.3 Å². The second kappa shape index (κ2) is 41.8. The smallest absolute Gasteiger partial charge is 0.472 e. The fourth-order valence-electron chi connectivity index (χ4n) is 7.11. The highest BCUT2D eigenvalue weighted by Crippen LogP contribution is 2.43. The number of ether oxygens (including phenoxy) is 2. The van der Waals surface area contributed by atoms with E-state index in [0.717, 1.165) is 32.1 Å². The van der Waals surface area contributed by atoms with Crippen molar-refractivity contribution >= 4 is 13.8 Å². The van der Waals surface area contributed by atoms with E-state index in [4.69, 9.17) is 18.5 Å². The molecule has 0 radical (unpaired) electrons. The average molecular weight is 831 g/mol. The number of phosphoric ester groups is 1. The van der Waals surface area contributed by atoms with E-state index in [1.165, 1.54) is 186 Å². The van der Waals surface area contributed by atoms with Gasteiger partial charge in [0, 0.05) is 6.42 Å². The van der Waals surface area contributed by atoms with Gasteiger partial charge in [-0.3, -0.25) is 13.8 Å². The van der Waals surface area contributed by atoms with Gasteiger partial charge in [-0.2, -0.15) is 0 Å². The minimum atomic E-state index is -4.29. The molecular formula is C48H97NO7P+. The van der Waals surface area contributed by atoms with E-state index in [1.807, 2.05) is 27.2 Å². The van der Waals surface area contributed by atoms with Crippen molar-refractivity contribution in [1.29, 1.82) is 0 Å². The number of rotatable bonds is 46. The molecule has 340 valence electrons. The van der Waals surface area contributed by atoms with Gasteiger partial charge in [-0.1, -0.05) is 213 Å². The number of unbranched alkanes of at least 4 members (excludes halogenated alkanes) is 32. The van der Waals surface area contributed by atoms with E-state index in [1.54, 1.807) is 6.26 Å². The lowest BCUT2D eigenvalue weighted by Gasteiger charge is -2.24. The summed E-state index contributed by atoms with van der Waals surface area (Å²) >= 11 is 0. The molecule has 0 aromatic rings. The zero-order chi connectivity index (χ0) is 42.0. The largest absolute Gasteiger partial charge is 0.498 e. The number of esters is 1. The molecular weight excluding hydrogens is 734 g/mol. The van der Waals surface area contributed by atoms with E-state index < -0.39 is 13.9 Å². The molecule has 57 heavy (non-hydrogen) atoms. The number of carbonyl (C=O) groups excluding carboxylic acids is 1. The van der Waals surface area contributed by atoms with Gasteiger partial charge in [-0.25, -0.2) is 4.57 Å². The van der Waals surface area contributed by atoms with Gasteiger partial charge in [0.15, 0.2) is 6.10 Å². The van der Waals surface area contributed by atoms with Crippen LogP contribution in [0.2, 0.25) is 0 Å². The van der Waals surface area contributed by atoms with E-state index in [0.29, 0.717) is 17.4 Å². The van der Waals surface area contributed by atoms with E-state index in [-0.39, 0.29) is 25.8 Å². The average Bonchev–Trinajstić information content (AvgIpc) is 3.16. The molecule has 0 rings (SSSR count). The first-order chi connectivity index (χ1) is 27.6. The normalized spacial score (nSPS) is 13.6. The van der Waals surface area contributed by atoms with Crippen LogP contribution in [0.25, 0.3) is 0 Å². The molecule has 1 N–H and O–H groups in total. The molecule has 0 amide bonds. The van der Waals surface area contributed by atoms with E-state index in [2.05, 4.69) is 13.8 Å². The van der Waals surface area contributed by atoms with Crippen molar-refractivity contribution in [1.82, 2.24) is 0 Å². The van der Waals surface area contributed by atoms with Crippen molar-refractivity contribution in [3.8, 4) is 0 Å². The first kappa shape index (κ1) is 56.1. The molecule has 0 aliphatic carbocycles. The number of hydrogen-bond acceptors (Lipinski definition) is 6. The van der Waals surface area contributed by atoms with Gasteiger partial charge in [-0.15, -0.1) is 0 Å². The molecule has 0 aliphatic rings. The molecule has 9 heteroatoms. The van der Waals surface area contributed by atoms with E-state index in [9.17, 15) is 14.3 Å². The maximum atomic E-state index is 12.7. The molecule has 2 atom stereocenters. The van der Waals surface area contributed by atoms with Crippen LogP contribution >= 0.6 is 7.82 Å². The van der Waals surface area contributed by atoms with Crippen LogP contribution in [0.1, 0.15) is 239 Å². The Hall–Kier alpha value is -0.920. The molecule has 8 nitrogen and oxygen atoms in total. The molecule has 0 aromatic heterocycles. The molecule has 0 aliphatic heterocycles. The van der Waals surface area contributed by atoms with Crippen LogP contribution in [-0.2, 0) is 27.9 Å². The molecule has 0 aromatic carbocycles. The van der Waals surface area contributed by atoms with Crippen molar-refractivity contribution in [2.24, 2.45) is 0 Å². The van der Waals surface area contributed by atoms with Gasteiger partial charge in [0.2, 0.25) is 0 Å². The Morgan fingerprint density at radius 2 is 0.912 bits per heavy atom. The van der Waals surface area contributed by atoms with Crippen molar-refractivity contribution in [3.63, 3.8) is 0 Å². The summed E-state index contributed by atoms with van der Waals surface area (Å²) in [4.78, 5) is 22.9. The van der Waals surface area contributed by atoms with Gasteiger partial charge in [0.1, 0.15) is 19.8 Å². The minimum absolute atomic E-state index is 0.0547. The summed E-state index contributed by atoms with van der Waals surface area (Å²) in [7, 11) is 1.65. The Bertz CT molecular complexity index is 925. The predicted octanol–water partition coefficient (Wildman–Crippen LogP) is 15.0. The molecule has 0 heterocycles. The Labute approximate surface area is 354 Å². The Morgan fingerprint density at radius 1 is 0.544 bits per heavy atom. The van der Waals surface area contributed by atoms with Crippen molar-refractivity contribution < 1.29 is 37.3 Å². The third-order valence-corrected chi connectivity index (χ3v) is 11.9. The highest BCUT2D eigenvalue weighted by atomic mass is 31.2. The number of likely N-dealkylation sites (N-methyl/N-ethyl adjacent to an activating group) is 1. The second-order valence-electron chi connectivity index (χ2n) is 17.9. The van der Waals surface area contributed by atoms with Crippen molar-refractivity contribution in [2.45, 2.75) is 245 Å². The molecule has 0 spiro atoms. The first-order valence-corrected chi connectivity index (χ1v) is 26.0. The van der Waals surface area contributed by atoms with Gasteiger partial charge in [0.25, 0.3) is 0 Å². The predicted molar refractivity (Wildman–Crippen MR) is 243 cm³/mol. The van der Waals surface area contributed by atoms with Gasteiger partial charge < -0.3 is 18.9 Å². The number of hydrogen-bond donors (Lipinski definition) is 1. The highest BCUT2D eigenvalue weighted by molar-refractivity contribution is 7.47.